The van der Waals surface area contributed by atoms with Gasteiger partial charge in [-0.05, 0) is 22.8 Å². The smallest absolute Gasteiger partial charge is 0.258 e. The normalized spacial score (nSPS) is 19.1. The number of nitrogens with zero attached hydrogens (tertiary/aromatic N) is 1. The van der Waals surface area contributed by atoms with E-state index in [1.165, 1.54) is 4.31 Å². The van der Waals surface area contributed by atoms with Gasteiger partial charge in [-0.3, -0.25) is 9.10 Å². The predicted octanol–water partition coefficient (Wildman–Crippen LogP) is 3.53. The molecule has 4 rings (SSSR count). The molecule has 1 aliphatic rings. The van der Waals surface area contributed by atoms with Gasteiger partial charge < -0.3 is 10.4 Å². The molecular weight excluding hydrogens is 455 g/mol. The van der Waals surface area contributed by atoms with Crippen LogP contribution < -0.4 is 9.62 Å². The zero-order valence-electron chi connectivity index (χ0n) is 18.6. The maximum absolute atomic E-state index is 16.2. The van der Waals surface area contributed by atoms with Crippen LogP contribution in [0.2, 0.25) is 0 Å². The van der Waals surface area contributed by atoms with Gasteiger partial charge in [0.05, 0.1) is 24.1 Å². The Morgan fingerprint density at radius 2 is 1.62 bits per heavy atom. The Kier molecular flexibility index (Phi) is 7.00. The number of hydrogen-bond donors (Lipinski definition) is 2. The molecule has 0 aliphatic carbocycles. The van der Waals surface area contributed by atoms with E-state index in [1.54, 1.807) is 72.8 Å². The lowest BCUT2D eigenvalue weighted by Crippen LogP contribution is -2.48. The van der Waals surface area contributed by atoms with Gasteiger partial charge in [0.25, 0.3) is 5.91 Å². The molecule has 1 aliphatic heterocycles. The van der Waals surface area contributed by atoms with E-state index in [1.807, 2.05) is 12.1 Å². The Morgan fingerprint density at radius 3 is 2.29 bits per heavy atom. The summed E-state index contributed by atoms with van der Waals surface area (Å²) in [6, 6.07) is 23.6. The number of amides is 1. The summed E-state index contributed by atoms with van der Waals surface area (Å²) in [4.78, 5) is 13.1. The Morgan fingerprint density at radius 1 is 1.00 bits per heavy atom. The molecule has 3 aromatic carbocycles. The van der Waals surface area contributed by atoms with Crippen LogP contribution in [0.5, 0.6) is 0 Å². The van der Waals surface area contributed by atoms with Gasteiger partial charge in [0.2, 0.25) is 10.0 Å². The first-order chi connectivity index (χ1) is 16.3. The molecule has 6 nitrogen and oxygen atoms in total. The number of halogens is 1. The SMILES string of the molecule is O=C(N[C@@H](CO)c1ccccc1)C1(F)CCN(S(=O)(=O)Cc2ccccc2)c2ccccc2C1. The van der Waals surface area contributed by atoms with Gasteiger partial charge in [0.1, 0.15) is 0 Å². The van der Waals surface area contributed by atoms with Crippen molar-refractivity contribution < 1.29 is 22.7 Å². The first-order valence-electron chi connectivity index (χ1n) is 11.1. The molecule has 1 amide bonds. The van der Waals surface area contributed by atoms with E-state index in [9.17, 15) is 18.3 Å². The maximum Gasteiger partial charge on any atom is 0.258 e. The summed E-state index contributed by atoms with van der Waals surface area (Å²) in [5.41, 5.74) is -0.234. The predicted molar refractivity (Wildman–Crippen MR) is 129 cm³/mol. The second kappa shape index (κ2) is 9.95. The van der Waals surface area contributed by atoms with Gasteiger partial charge in [-0.15, -0.1) is 0 Å². The molecule has 34 heavy (non-hydrogen) atoms. The second-order valence-electron chi connectivity index (χ2n) is 8.45. The van der Waals surface area contributed by atoms with Crippen molar-refractivity contribution in [3.05, 3.63) is 102 Å². The van der Waals surface area contributed by atoms with E-state index in [0.29, 0.717) is 22.4 Å². The number of para-hydroxylation sites is 1. The van der Waals surface area contributed by atoms with Crippen LogP contribution in [-0.2, 0) is 27.0 Å². The summed E-state index contributed by atoms with van der Waals surface area (Å²) in [5, 5.41) is 12.4. The Labute approximate surface area is 199 Å². The number of anilines is 1. The fourth-order valence-electron chi connectivity index (χ4n) is 4.25. The van der Waals surface area contributed by atoms with Crippen LogP contribution in [0, 0.1) is 0 Å². The van der Waals surface area contributed by atoms with Gasteiger partial charge in [0.15, 0.2) is 5.67 Å². The first kappa shape index (κ1) is 23.9. The monoisotopic (exact) mass is 482 g/mol. The lowest BCUT2D eigenvalue weighted by Gasteiger charge is -2.27. The number of aliphatic hydroxyl groups excluding tert-OH is 1. The molecule has 178 valence electrons. The van der Waals surface area contributed by atoms with Crippen LogP contribution in [0.1, 0.15) is 29.2 Å². The van der Waals surface area contributed by atoms with Crippen LogP contribution in [0.4, 0.5) is 10.1 Å². The third kappa shape index (κ3) is 5.13. The molecule has 0 aromatic heterocycles. The van der Waals surface area contributed by atoms with Crippen LogP contribution in [0.25, 0.3) is 0 Å². The largest absolute Gasteiger partial charge is 0.394 e. The van der Waals surface area contributed by atoms with E-state index in [4.69, 9.17) is 0 Å². The third-order valence-corrected chi connectivity index (χ3v) is 7.82. The minimum atomic E-state index is -3.82. The molecule has 2 atom stereocenters. The molecule has 0 bridgehead atoms. The Hall–Kier alpha value is -3.23. The number of carbonyl (C=O) groups is 1. The zero-order chi connectivity index (χ0) is 24.2. The van der Waals surface area contributed by atoms with Crippen molar-refractivity contribution in [3.8, 4) is 0 Å². The molecule has 0 saturated carbocycles. The van der Waals surface area contributed by atoms with Gasteiger partial charge >= 0.3 is 0 Å². The summed E-state index contributed by atoms with van der Waals surface area (Å²) in [5.74, 6) is -1.10. The highest BCUT2D eigenvalue weighted by molar-refractivity contribution is 7.92. The Bertz CT molecular complexity index is 1240. The van der Waals surface area contributed by atoms with Crippen molar-refractivity contribution in [2.75, 3.05) is 17.5 Å². The molecule has 1 heterocycles. The van der Waals surface area contributed by atoms with Crippen molar-refractivity contribution in [3.63, 3.8) is 0 Å². The van der Waals surface area contributed by atoms with Gasteiger partial charge in [-0.1, -0.05) is 78.9 Å². The van der Waals surface area contributed by atoms with Crippen LogP contribution in [0.15, 0.2) is 84.9 Å². The van der Waals surface area contributed by atoms with Crippen molar-refractivity contribution in [1.29, 1.82) is 0 Å². The van der Waals surface area contributed by atoms with Gasteiger partial charge in [-0.2, -0.15) is 0 Å². The molecule has 2 N–H and O–H groups in total. The minimum Gasteiger partial charge on any atom is -0.394 e. The van der Waals surface area contributed by atoms with Crippen molar-refractivity contribution in [2.24, 2.45) is 0 Å². The summed E-state index contributed by atoms with van der Waals surface area (Å²) >= 11 is 0. The molecule has 0 radical (unpaired) electrons. The zero-order valence-corrected chi connectivity index (χ0v) is 19.4. The van der Waals surface area contributed by atoms with Crippen molar-refractivity contribution >= 4 is 21.6 Å². The topological polar surface area (TPSA) is 86.7 Å². The first-order valence-corrected chi connectivity index (χ1v) is 12.7. The average Bonchev–Trinajstić information content (AvgIpc) is 3.00. The summed E-state index contributed by atoms with van der Waals surface area (Å²) in [6.07, 6.45) is -0.576. The van der Waals surface area contributed by atoms with Crippen LogP contribution in [-0.4, -0.2) is 38.3 Å². The number of aliphatic hydroxyl groups is 1. The quantitative estimate of drug-likeness (QED) is 0.540. The molecular formula is C26H27FN2O4S. The molecule has 3 aromatic rings. The number of sulfonamides is 1. The summed E-state index contributed by atoms with van der Waals surface area (Å²) < 4.78 is 44.1. The van der Waals surface area contributed by atoms with E-state index < -0.39 is 27.6 Å². The van der Waals surface area contributed by atoms with E-state index in [2.05, 4.69) is 5.32 Å². The highest BCUT2D eigenvalue weighted by Crippen LogP contribution is 2.36. The van der Waals surface area contributed by atoms with Crippen LogP contribution >= 0.6 is 0 Å². The van der Waals surface area contributed by atoms with E-state index in [0.717, 1.165) is 0 Å². The van der Waals surface area contributed by atoms with Gasteiger partial charge in [0, 0.05) is 19.4 Å². The Balaban J connectivity index is 1.61. The standard InChI is InChI=1S/C26H27FN2O4S/c27-26(25(31)28-23(18-30)21-11-5-2-6-12-21)15-16-29(24-14-8-7-13-22(24)17-26)34(32,33)19-20-9-3-1-4-10-20/h1-14,23,30H,15-19H2,(H,28,31)/t23-,26?/m0/s1. The van der Waals surface area contributed by atoms with Gasteiger partial charge in [-0.25, -0.2) is 12.8 Å². The number of carbonyl (C=O) groups excluding carboxylic acids is 1. The second-order valence-corrected chi connectivity index (χ2v) is 10.3. The number of hydrogen-bond acceptors (Lipinski definition) is 4. The number of fused-ring (bicyclic) bond motifs is 1. The maximum atomic E-state index is 16.2. The molecule has 0 spiro atoms. The summed E-state index contributed by atoms with van der Waals surface area (Å²) in [6.45, 7) is -0.564. The fourth-order valence-corrected chi connectivity index (χ4v) is 5.86. The van der Waals surface area contributed by atoms with E-state index >= 15 is 4.39 Å². The number of rotatable bonds is 7. The minimum absolute atomic E-state index is 0.175. The molecule has 1 unspecified atom stereocenters. The highest BCUT2D eigenvalue weighted by atomic mass is 32.2. The van der Waals surface area contributed by atoms with Crippen molar-refractivity contribution in [2.45, 2.75) is 30.3 Å². The lowest BCUT2D eigenvalue weighted by atomic mass is 9.92. The summed E-state index contributed by atoms with van der Waals surface area (Å²) in [7, 11) is -3.82. The highest BCUT2D eigenvalue weighted by Gasteiger charge is 2.44. The number of nitrogens with one attached hydrogen (secondary N) is 1. The average molecular weight is 483 g/mol. The number of alkyl halides is 1. The van der Waals surface area contributed by atoms with E-state index in [-0.39, 0.29) is 31.7 Å². The van der Waals surface area contributed by atoms with Crippen molar-refractivity contribution in [1.82, 2.24) is 5.32 Å². The third-order valence-electron chi connectivity index (χ3n) is 6.07. The lowest BCUT2D eigenvalue weighted by molar-refractivity contribution is -0.134. The molecule has 8 heteroatoms. The molecule has 0 fully saturated rings. The molecule has 0 saturated heterocycles. The fraction of sp³-hybridized carbons (Fsp3) is 0.269. The van der Waals surface area contributed by atoms with Crippen LogP contribution in [0.3, 0.4) is 0 Å². The number of benzene rings is 3.